The SMILES string of the molecule is CCC[Si](CCC)(CSc1cc(C(C)(C)C)c(OC(C)=O)cc1C(C)(C)C)c1ccccc1. The summed E-state index contributed by atoms with van der Waals surface area (Å²) in [7, 11) is -1.66. The second-order valence-corrected chi connectivity index (χ2v) is 17.4. The minimum Gasteiger partial charge on any atom is -0.426 e. The van der Waals surface area contributed by atoms with Crippen molar-refractivity contribution in [2.24, 2.45) is 0 Å². The van der Waals surface area contributed by atoms with Gasteiger partial charge >= 0.3 is 5.97 Å². The third kappa shape index (κ3) is 7.23. The summed E-state index contributed by atoms with van der Waals surface area (Å²) in [5.41, 5.74) is 2.21. The van der Waals surface area contributed by atoms with Crippen LogP contribution in [0, 0.1) is 0 Å². The van der Waals surface area contributed by atoms with Gasteiger partial charge in [0.25, 0.3) is 0 Å². The Labute approximate surface area is 207 Å². The predicted molar refractivity (Wildman–Crippen MR) is 148 cm³/mol. The van der Waals surface area contributed by atoms with E-state index in [1.54, 1.807) is 5.19 Å². The maximum Gasteiger partial charge on any atom is 0.308 e. The zero-order valence-electron chi connectivity index (χ0n) is 22.3. The topological polar surface area (TPSA) is 26.3 Å². The van der Waals surface area contributed by atoms with Crippen LogP contribution >= 0.6 is 11.8 Å². The molecule has 0 radical (unpaired) electrons. The highest BCUT2D eigenvalue weighted by Gasteiger charge is 2.34. The predicted octanol–water partition coefficient (Wildman–Crippen LogP) is 8.01. The minimum atomic E-state index is -1.66. The first-order valence-electron chi connectivity index (χ1n) is 12.4. The number of carbonyl (C=O) groups excluding carboxylic acids is 1. The van der Waals surface area contributed by atoms with Crippen molar-refractivity contribution in [3.05, 3.63) is 53.6 Å². The number of esters is 1. The van der Waals surface area contributed by atoms with E-state index in [9.17, 15) is 4.79 Å². The molecule has 0 aliphatic carbocycles. The second-order valence-electron chi connectivity index (χ2n) is 11.4. The molecule has 182 valence electrons. The average Bonchev–Trinajstić information content (AvgIpc) is 2.71. The molecule has 4 heteroatoms. The van der Waals surface area contributed by atoms with Crippen LogP contribution in [0.15, 0.2) is 47.4 Å². The summed E-state index contributed by atoms with van der Waals surface area (Å²) in [6.07, 6.45) is 2.46. The van der Waals surface area contributed by atoms with Crippen LogP contribution in [0.1, 0.15) is 86.3 Å². The Morgan fingerprint density at radius 2 is 1.42 bits per heavy atom. The van der Waals surface area contributed by atoms with Gasteiger partial charge in [-0.2, -0.15) is 0 Å². The van der Waals surface area contributed by atoms with E-state index in [4.69, 9.17) is 4.74 Å². The highest BCUT2D eigenvalue weighted by atomic mass is 32.2. The molecular formula is C29H44O2SSi. The Kier molecular flexibility index (Phi) is 9.47. The zero-order chi connectivity index (χ0) is 24.9. The lowest BCUT2D eigenvalue weighted by molar-refractivity contribution is -0.131. The highest BCUT2D eigenvalue weighted by molar-refractivity contribution is 8.01. The smallest absolute Gasteiger partial charge is 0.308 e. The van der Waals surface area contributed by atoms with Crippen molar-refractivity contribution >= 4 is 31.0 Å². The minimum absolute atomic E-state index is 0.0415. The first-order valence-corrected chi connectivity index (χ1v) is 16.0. The van der Waals surface area contributed by atoms with Crippen molar-refractivity contribution in [2.75, 3.05) is 5.38 Å². The maximum absolute atomic E-state index is 11.9. The fourth-order valence-electron chi connectivity index (χ4n) is 4.70. The number of hydrogen-bond acceptors (Lipinski definition) is 3. The molecule has 0 aliphatic heterocycles. The van der Waals surface area contributed by atoms with E-state index in [1.165, 1.54) is 47.7 Å². The van der Waals surface area contributed by atoms with Crippen LogP contribution in [-0.4, -0.2) is 19.4 Å². The molecule has 33 heavy (non-hydrogen) atoms. The van der Waals surface area contributed by atoms with E-state index >= 15 is 0 Å². The van der Waals surface area contributed by atoms with E-state index in [-0.39, 0.29) is 16.8 Å². The molecule has 2 aromatic rings. The van der Waals surface area contributed by atoms with Crippen molar-refractivity contribution in [3.8, 4) is 5.75 Å². The van der Waals surface area contributed by atoms with Gasteiger partial charge in [-0.3, -0.25) is 4.79 Å². The van der Waals surface area contributed by atoms with E-state index in [0.717, 1.165) is 5.56 Å². The molecule has 0 aromatic heterocycles. The van der Waals surface area contributed by atoms with Crippen LogP contribution < -0.4 is 9.92 Å². The van der Waals surface area contributed by atoms with Crippen molar-refractivity contribution in [3.63, 3.8) is 0 Å². The van der Waals surface area contributed by atoms with Gasteiger partial charge in [0.05, 0.1) is 8.07 Å². The normalized spacial score (nSPS) is 12.6. The standard InChI is InChI=1S/C29H44O2SSi/c1-10-17-33(18-11-2,23-15-13-12-14-16-23)21-32-27-20-24(28(4,5)6)26(31-22(3)30)19-25(27)29(7,8)9/h12-16,19-20H,10-11,17-18,21H2,1-9H3. The number of benzene rings is 2. The van der Waals surface area contributed by atoms with Crippen LogP contribution in [0.2, 0.25) is 12.1 Å². The van der Waals surface area contributed by atoms with Crippen LogP contribution in [-0.2, 0) is 15.6 Å². The number of ether oxygens (including phenoxy) is 1. The van der Waals surface area contributed by atoms with Gasteiger partial charge in [0.1, 0.15) is 5.75 Å². The Hall–Kier alpha value is -1.52. The van der Waals surface area contributed by atoms with Crippen LogP contribution in [0.4, 0.5) is 0 Å². The highest BCUT2D eigenvalue weighted by Crippen LogP contribution is 2.42. The molecule has 0 heterocycles. The maximum atomic E-state index is 11.9. The lowest BCUT2D eigenvalue weighted by Gasteiger charge is -2.34. The molecule has 0 bridgehead atoms. The van der Waals surface area contributed by atoms with Gasteiger partial charge in [0.2, 0.25) is 0 Å². The fraction of sp³-hybridized carbons (Fsp3) is 0.552. The molecule has 0 saturated carbocycles. The van der Waals surface area contributed by atoms with Crippen molar-refractivity contribution < 1.29 is 9.53 Å². The molecular weight excluding hydrogens is 440 g/mol. The first-order chi connectivity index (χ1) is 15.3. The Morgan fingerprint density at radius 3 is 1.88 bits per heavy atom. The Balaban J connectivity index is 2.60. The molecule has 0 fully saturated rings. The van der Waals surface area contributed by atoms with Crippen LogP contribution in [0.25, 0.3) is 0 Å². The van der Waals surface area contributed by atoms with Gasteiger partial charge in [-0.15, -0.1) is 11.8 Å². The summed E-state index contributed by atoms with van der Waals surface area (Å²) in [4.78, 5) is 13.2. The third-order valence-corrected chi connectivity index (χ3v) is 14.2. The number of rotatable bonds is 9. The van der Waals surface area contributed by atoms with Crippen LogP contribution in [0.5, 0.6) is 5.75 Å². The summed E-state index contributed by atoms with van der Waals surface area (Å²) in [5.74, 6) is 0.445. The number of carbonyl (C=O) groups is 1. The molecule has 0 saturated heterocycles. The average molecular weight is 485 g/mol. The molecule has 0 atom stereocenters. The van der Waals surface area contributed by atoms with E-state index in [1.807, 2.05) is 11.8 Å². The molecule has 0 unspecified atom stereocenters. The molecule has 2 nitrogen and oxygen atoms in total. The van der Waals surface area contributed by atoms with E-state index < -0.39 is 8.07 Å². The van der Waals surface area contributed by atoms with Gasteiger partial charge in [0.15, 0.2) is 0 Å². The molecule has 2 aromatic carbocycles. The monoisotopic (exact) mass is 484 g/mol. The summed E-state index contributed by atoms with van der Waals surface area (Å²) in [6.45, 7) is 19.5. The molecule has 0 aliphatic rings. The summed E-state index contributed by atoms with van der Waals surface area (Å²) in [5, 5.41) is 2.77. The number of hydrogen-bond donors (Lipinski definition) is 0. The first kappa shape index (κ1) is 27.7. The van der Waals surface area contributed by atoms with Crippen molar-refractivity contribution in [2.45, 2.75) is 103 Å². The number of thioether (sulfide) groups is 1. The van der Waals surface area contributed by atoms with Gasteiger partial charge in [-0.25, -0.2) is 0 Å². The van der Waals surface area contributed by atoms with Gasteiger partial charge in [-0.05, 0) is 33.9 Å². The van der Waals surface area contributed by atoms with Crippen molar-refractivity contribution in [1.82, 2.24) is 0 Å². The molecule has 0 amide bonds. The quantitative estimate of drug-likeness (QED) is 0.156. The second kappa shape index (κ2) is 11.3. The lowest BCUT2D eigenvalue weighted by atomic mass is 9.81. The largest absolute Gasteiger partial charge is 0.426 e. The third-order valence-electron chi connectivity index (χ3n) is 6.30. The van der Waals surface area contributed by atoms with E-state index in [2.05, 4.69) is 97.9 Å². The molecule has 0 N–H and O–H groups in total. The summed E-state index contributed by atoms with van der Waals surface area (Å²) in [6, 6.07) is 18.4. The van der Waals surface area contributed by atoms with E-state index in [0.29, 0.717) is 5.75 Å². The Morgan fingerprint density at radius 1 is 0.879 bits per heavy atom. The van der Waals surface area contributed by atoms with Gasteiger partial charge < -0.3 is 4.74 Å². The molecule has 0 spiro atoms. The zero-order valence-corrected chi connectivity index (χ0v) is 24.1. The van der Waals surface area contributed by atoms with Gasteiger partial charge in [0, 0.05) is 17.4 Å². The van der Waals surface area contributed by atoms with Gasteiger partial charge in [-0.1, -0.05) is 116 Å². The summed E-state index contributed by atoms with van der Waals surface area (Å²) >= 11 is 2.03. The fourth-order valence-corrected chi connectivity index (χ4v) is 12.6. The molecule has 2 rings (SSSR count). The van der Waals surface area contributed by atoms with Crippen LogP contribution in [0.3, 0.4) is 0 Å². The summed E-state index contributed by atoms with van der Waals surface area (Å²) < 4.78 is 5.72. The Bertz CT molecular complexity index is 917. The van der Waals surface area contributed by atoms with Crippen molar-refractivity contribution in [1.29, 1.82) is 0 Å². The lowest BCUT2D eigenvalue weighted by Crippen LogP contribution is -2.50.